The van der Waals surface area contributed by atoms with Crippen LogP contribution in [-0.2, 0) is 4.79 Å². The maximum atomic E-state index is 12.7. The van der Waals surface area contributed by atoms with Gasteiger partial charge in [-0.15, -0.1) is 0 Å². The first-order valence-corrected chi connectivity index (χ1v) is 2.45. The van der Waals surface area contributed by atoms with Crippen LogP contribution in [0.2, 0.25) is 1.41 Å². The van der Waals surface area contributed by atoms with Gasteiger partial charge in [0.1, 0.15) is 0 Å². The molecular formula is C5H10FNO. The summed E-state index contributed by atoms with van der Waals surface area (Å²) in [6.07, 6.45) is 0.0950. The quantitative estimate of drug-likeness (QED) is 0.570. The van der Waals surface area contributed by atoms with E-state index in [1.165, 1.54) is 5.73 Å². The molecule has 0 rings (SSSR count). The Labute approximate surface area is 49.3 Å². The third-order valence-corrected chi connectivity index (χ3v) is 1.14. The van der Waals surface area contributed by atoms with Gasteiger partial charge >= 0.3 is 0 Å². The molecule has 0 aromatic rings. The first kappa shape index (κ1) is 5.54. The SMILES string of the molecule is [2H]NC(=O)[C@](C)(F)CC. The Morgan fingerprint density at radius 1 is 2.12 bits per heavy atom. The minimum absolute atomic E-state index is 0.0950. The molecule has 0 fully saturated rings. The van der Waals surface area contributed by atoms with Gasteiger partial charge in [0.05, 0.1) is 0 Å². The molecule has 0 aliphatic carbocycles. The van der Waals surface area contributed by atoms with Crippen LogP contribution in [0.5, 0.6) is 0 Å². The van der Waals surface area contributed by atoms with E-state index in [1.54, 1.807) is 6.92 Å². The molecule has 0 saturated carbocycles. The van der Waals surface area contributed by atoms with E-state index in [9.17, 15) is 9.18 Å². The summed E-state index contributed by atoms with van der Waals surface area (Å²) >= 11 is 0. The highest BCUT2D eigenvalue weighted by atomic mass is 19.1. The largest absolute Gasteiger partial charge is 0.367 e. The first-order chi connectivity index (χ1) is 4.04. The van der Waals surface area contributed by atoms with Crippen LogP contribution < -0.4 is 5.73 Å². The van der Waals surface area contributed by atoms with Crippen molar-refractivity contribution in [2.45, 2.75) is 25.9 Å². The van der Waals surface area contributed by atoms with E-state index in [-0.39, 0.29) is 6.42 Å². The van der Waals surface area contributed by atoms with Crippen LogP contribution in [0.4, 0.5) is 4.39 Å². The lowest BCUT2D eigenvalue weighted by Crippen LogP contribution is -2.35. The van der Waals surface area contributed by atoms with Gasteiger partial charge in [-0.2, -0.15) is 0 Å². The predicted molar refractivity (Wildman–Crippen MR) is 29.0 cm³/mol. The third-order valence-electron chi connectivity index (χ3n) is 1.14. The highest BCUT2D eigenvalue weighted by molar-refractivity contribution is 5.82. The minimum atomic E-state index is -1.89. The van der Waals surface area contributed by atoms with E-state index in [4.69, 9.17) is 1.41 Å². The second-order valence-corrected chi connectivity index (χ2v) is 1.88. The molecule has 1 atom stereocenters. The number of hydrogen-bond donors (Lipinski definition) is 1. The highest BCUT2D eigenvalue weighted by Crippen LogP contribution is 2.12. The van der Waals surface area contributed by atoms with E-state index >= 15 is 0 Å². The van der Waals surface area contributed by atoms with E-state index in [2.05, 4.69) is 0 Å². The van der Waals surface area contributed by atoms with Crippen molar-refractivity contribution in [3.05, 3.63) is 0 Å². The summed E-state index contributed by atoms with van der Waals surface area (Å²) in [4.78, 5) is 10.4. The van der Waals surface area contributed by atoms with Crippen molar-refractivity contribution in [1.82, 2.24) is 0 Å². The van der Waals surface area contributed by atoms with Gasteiger partial charge in [-0.25, -0.2) is 4.39 Å². The molecule has 0 saturated heterocycles. The number of carbonyl (C=O) groups excluding carboxylic acids is 1. The molecule has 2 N–H and O–H groups in total. The fourth-order valence-corrected chi connectivity index (χ4v) is 0.161. The van der Waals surface area contributed by atoms with Crippen molar-refractivity contribution in [3.63, 3.8) is 0 Å². The number of rotatable bonds is 2. The lowest BCUT2D eigenvalue weighted by atomic mass is 10.1. The molecular weight excluding hydrogens is 109 g/mol. The summed E-state index contributed by atoms with van der Waals surface area (Å²) in [5.41, 5.74) is -0.395. The molecule has 0 radical (unpaired) electrons. The van der Waals surface area contributed by atoms with E-state index in [0.29, 0.717) is 0 Å². The molecule has 0 bridgehead atoms. The topological polar surface area (TPSA) is 43.1 Å². The molecule has 0 aliphatic rings. The average molecular weight is 120 g/mol. The lowest BCUT2D eigenvalue weighted by molar-refractivity contribution is -0.128. The first-order valence-electron chi connectivity index (χ1n) is 2.95. The molecule has 0 aromatic heterocycles. The summed E-state index contributed by atoms with van der Waals surface area (Å²) in [5.74, 6) is -0.884. The molecule has 0 aromatic carbocycles. The molecule has 2 nitrogen and oxygen atoms in total. The third kappa shape index (κ3) is 1.48. The number of nitrogens with two attached hydrogens (primary N) is 1. The Hall–Kier alpha value is -0.600. The molecule has 0 unspecified atom stereocenters. The monoisotopic (exact) mass is 120 g/mol. The highest BCUT2D eigenvalue weighted by Gasteiger charge is 2.27. The van der Waals surface area contributed by atoms with Crippen molar-refractivity contribution in [3.8, 4) is 0 Å². The van der Waals surface area contributed by atoms with Crippen molar-refractivity contribution < 1.29 is 10.6 Å². The zero-order valence-corrected chi connectivity index (χ0v) is 4.99. The lowest BCUT2D eigenvalue weighted by Gasteiger charge is -2.11. The van der Waals surface area contributed by atoms with Crippen LogP contribution in [0.15, 0.2) is 0 Å². The normalized spacial score (nSPS) is 18.6. The van der Waals surface area contributed by atoms with E-state index < -0.39 is 11.6 Å². The Kier molecular flexibility index (Phi) is 1.46. The summed E-state index contributed by atoms with van der Waals surface area (Å²) < 4.78 is 19.0. The fourth-order valence-electron chi connectivity index (χ4n) is 0.161. The van der Waals surface area contributed by atoms with Crippen LogP contribution in [-0.4, -0.2) is 11.6 Å². The Morgan fingerprint density at radius 3 is 2.75 bits per heavy atom. The van der Waals surface area contributed by atoms with Crippen LogP contribution in [0.1, 0.15) is 20.3 Å². The molecule has 48 valence electrons. The zero-order valence-electron chi connectivity index (χ0n) is 5.99. The molecule has 1 amide bonds. The Balaban J connectivity index is 3.97. The Bertz CT molecular complexity index is 116. The number of halogens is 1. The van der Waals surface area contributed by atoms with Crippen LogP contribution >= 0.6 is 0 Å². The summed E-state index contributed by atoms with van der Waals surface area (Å²) in [7, 11) is 0. The maximum absolute atomic E-state index is 12.7. The molecule has 0 aliphatic heterocycles. The van der Waals surface area contributed by atoms with Gasteiger partial charge < -0.3 is 5.73 Å². The number of amides is 1. The van der Waals surface area contributed by atoms with Crippen LogP contribution in [0.25, 0.3) is 0 Å². The molecule has 0 spiro atoms. The minimum Gasteiger partial charge on any atom is -0.367 e. The van der Waals surface area contributed by atoms with Gasteiger partial charge in [0.25, 0.3) is 5.91 Å². The van der Waals surface area contributed by atoms with E-state index in [0.717, 1.165) is 6.92 Å². The van der Waals surface area contributed by atoms with E-state index in [1.807, 2.05) is 0 Å². The average Bonchev–Trinajstić information content (AvgIpc) is 1.86. The molecule has 8 heavy (non-hydrogen) atoms. The second-order valence-electron chi connectivity index (χ2n) is 1.88. The van der Waals surface area contributed by atoms with Gasteiger partial charge in [0.2, 0.25) is 0 Å². The molecule has 0 heterocycles. The summed E-state index contributed by atoms with van der Waals surface area (Å²) in [5, 5.41) is 0. The zero-order chi connectivity index (χ0) is 7.49. The number of alkyl halides is 1. The van der Waals surface area contributed by atoms with Crippen molar-refractivity contribution in [1.29, 1.82) is 0 Å². The standard InChI is InChI=1S/C5H10FNO/c1-3-5(2,6)4(7)8/h3H2,1-2H3,(H2,7,8)/t5-/m1/s1/i/hD. The summed E-state index contributed by atoms with van der Waals surface area (Å²) in [6, 6.07) is 0. The second kappa shape index (κ2) is 2.11. The van der Waals surface area contributed by atoms with Gasteiger partial charge in [0, 0.05) is 0 Å². The molecule has 3 heteroatoms. The predicted octanol–water partition coefficient (Wildman–Crippen LogP) is 0.610. The van der Waals surface area contributed by atoms with Gasteiger partial charge in [-0.05, 0) is 13.3 Å². The van der Waals surface area contributed by atoms with Crippen LogP contribution in [0, 0.1) is 0 Å². The Morgan fingerprint density at radius 2 is 2.62 bits per heavy atom. The fraction of sp³-hybridized carbons (Fsp3) is 0.800. The smallest absolute Gasteiger partial charge is 0.254 e. The number of hydrogen-bond acceptors (Lipinski definition) is 1. The van der Waals surface area contributed by atoms with Crippen LogP contribution in [0.3, 0.4) is 0 Å². The van der Waals surface area contributed by atoms with Gasteiger partial charge in [-0.1, -0.05) is 6.92 Å². The van der Waals surface area contributed by atoms with Crippen molar-refractivity contribution >= 4 is 5.91 Å². The van der Waals surface area contributed by atoms with Gasteiger partial charge in [-0.3, -0.25) is 4.79 Å². The van der Waals surface area contributed by atoms with Crippen molar-refractivity contribution in [2.24, 2.45) is 5.73 Å². The maximum Gasteiger partial charge on any atom is 0.254 e. The number of carbonyl (C=O) groups is 1. The number of primary amides is 1. The summed E-state index contributed by atoms with van der Waals surface area (Å²) in [6.45, 7) is 2.70. The van der Waals surface area contributed by atoms with Gasteiger partial charge in [0.15, 0.2) is 7.08 Å². The van der Waals surface area contributed by atoms with Crippen molar-refractivity contribution in [2.75, 3.05) is 0 Å².